The second-order valence-electron chi connectivity index (χ2n) is 7.69. The van der Waals surface area contributed by atoms with Crippen molar-refractivity contribution in [2.75, 3.05) is 78.8 Å². The molecule has 2 aliphatic rings. The molecular formula is C19H40IN5O2. The highest BCUT2D eigenvalue weighted by atomic mass is 127. The first-order valence-electron chi connectivity index (χ1n) is 10.3. The Hall–Kier alpha value is -0.160. The summed E-state index contributed by atoms with van der Waals surface area (Å²) in [5, 5.41) is 6.85. The SMILES string of the molecule is CCNC(=NCC(C)(C)N1CCOCC1)NCCCCN1CCOCC1.I. The van der Waals surface area contributed by atoms with E-state index in [0.717, 1.165) is 84.6 Å². The first-order chi connectivity index (χ1) is 12.6. The van der Waals surface area contributed by atoms with Gasteiger partial charge in [0.2, 0.25) is 0 Å². The van der Waals surface area contributed by atoms with Crippen molar-refractivity contribution in [2.24, 2.45) is 4.99 Å². The number of hydrogen-bond donors (Lipinski definition) is 2. The lowest BCUT2D eigenvalue weighted by molar-refractivity contribution is -0.00683. The van der Waals surface area contributed by atoms with Gasteiger partial charge in [0.15, 0.2) is 5.96 Å². The Bertz CT molecular complexity index is 411. The van der Waals surface area contributed by atoms with Crippen LogP contribution in [0.25, 0.3) is 0 Å². The maximum atomic E-state index is 5.47. The molecule has 160 valence electrons. The third kappa shape index (κ3) is 9.74. The molecule has 2 heterocycles. The van der Waals surface area contributed by atoms with Crippen molar-refractivity contribution in [3.05, 3.63) is 0 Å². The highest BCUT2D eigenvalue weighted by molar-refractivity contribution is 14.0. The normalized spacial score (nSPS) is 20.2. The van der Waals surface area contributed by atoms with E-state index in [1.54, 1.807) is 0 Å². The molecule has 2 N–H and O–H groups in total. The zero-order valence-electron chi connectivity index (χ0n) is 17.5. The number of nitrogens with one attached hydrogen (secondary N) is 2. The first kappa shape index (κ1) is 24.9. The predicted octanol–water partition coefficient (Wildman–Crippen LogP) is 1.38. The minimum atomic E-state index is 0. The van der Waals surface area contributed by atoms with Crippen molar-refractivity contribution in [3.8, 4) is 0 Å². The van der Waals surface area contributed by atoms with Gasteiger partial charge in [-0.1, -0.05) is 0 Å². The molecule has 2 aliphatic heterocycles. The summed E-state index contributed by atoms with van der Waals surface area (Å²) in [6.07, 6.45) is 2.38. The fraction of sp³-hybridized carbons (Fsp3) is 0.947. The smallest absolute Gasteiger partial charge is 0.191 e. The number of nitrogens with zero attached hydrogens (tertiary/aromatic N) is 3. The minimum absolute atomic E-state index is 0. The number of unbranched alkanes of at least 4 members (excludes halogenated alkanes) is 1. The van der Waals surface area contributed by atoms with Crippen LogP contribution in [-0.4, -0.2) is 100 Å². The van der Waals surface area contributed by atoms with Crippen molar-refractivity contribution < 1.29 is 9.47 Å². The molecule has 0 aromatic carbocycles. The van der Waals surface area contributed by atoms with Crippen molar-refractivity contribution in [2.45, 2.75) is 39.2 Å². The molecule has 2 fully saturated rings. The Balaban J connectivity index is 0.00000364. The monoisotopic (exact) mass is 497 g/mol. The van der Waals surface area contributed by atoms with Gasteiger partial charge >= 0.3 is 0 Å². The summed E-state index contributed by atoms with van der Waals surface area (Å²) in [6, 6.07) is 0. The molecule has 7 nitrogen and oxygen atoms in total. The minimum Gasteiger partial charge on any atom is -0.379 e. The summed E-state index contributed by atoms with van der Waals surface area (Å²) >= 11 is 0. The van der Waals surface area contributed by atoms with E-state index in [0.29, 0.717) is 0 Å². The van der Waals surface area contributed by atoms with Crippen molar-refractivity contribution in [1.82, 2.24) is 20.4 Å². The molecule has 0 amide bonds. The van der Waals surface area contributed by atoms with Crippen LogP contribution in [0.3, 0.4) is 0 Å². The van der Waals surface area contributed by atoms with Crippen LogP contribution in [0.1, 0.15) is 33.6 Å². The fourth-order valence-corrected chi connectivity index (χ4v) is 3.37. The maximum Gasteiger partial charge on any atom is 0.191 e. The van der Waals surface area contributed by atoms with Gasteiger partial charge in [-0.05, 0) is 40.2 Å². The highest BCUT2D eigenvalue weighted by Gasteiger charge is 2.28. The standard InChI is InChI=1S/C19H39N5O2.HI/c1-4-20-18(21-7-5-6-8-23-9-13-25-14-10-23)22-17-19(2,3)24-11-15-26-16-12-24;/h4-17H2,1-3H3,(H2,20,21,22);1H. The molecule has 0 radical (unpaired) electrons. The Labute approximate surface area is 182 Å². The lowest BCUT2D eigenvalue weighted by Crippen LogP contribution is -2.52. The molecule has 2 rings (SSSR count). The fourth-order valence-electron chi connectivity index (χ4n) is 3.37. The zero-order valence-corrected chi connectivity index (χ0v) is 19.8. The van der Waals surface area contributed by atoms with Gasteiger partial charge in [-0.15, -0.1) is 24.0 Å². The van der Waals surface area contributed by atoms with Gasteiger partial charge in [0, 0.05) is 44.8 Å². The molecule has 0 aromatic heterocycles. The molecule has 2 saturated heterocycles. The van der Waals surface area contributed by atoms with Crippen molar-refractivity contribution >= 4 is 29.9 Å². The van der Waals surface area contributed by atoms with Gasteiger partial charge in [0.1, 0.15) is 0 Å². The molecule has 27 heavy (non-hydrogen) atoms. The van der Waals surface area contributed by atoms with E-state index >= 15 is 0 Å². The largest absolute Gasteiger partial charge is 0.379 e. The molecule has 0 saturated carbocycles. The molecular weight excluding hydrogens is 457 g/mol. The molecule has 0 atom stereocenters. The summed E-state index contributed by atoms with van der Waals surface area (Å²) in [5.74, 6) is 0.931. The Morgan fingerprint density at radius 1 is 0.963 bits per heavy atom. The summed E-state index contributed by atoms with van der Waals surface area (Å²) in [4.78, 5) is 9.80. The molecule has 0 aromatic rings. The van der Waals surface area contributed by atoms with Gasteiger partial charge < -0.3 is 20.1 Å². The van der Waals surface area contributed by atoms with Crippen LogP contribution >= 0.6 is 24.0 Å². The van der Waals surface area contributed by atoms with Crippen LogP contribution in [0, 0.1) is 0 Å². The van der Waals surface area contributed by atoms with Crippen LogP contribution < -0.4 is 10.6 Å². The zero-order chi connectivity index (χ0) is 18.7. The summed E-state index contributed by atoms with van der Waals surface area (Å²) in [6.45, 7) is 18.0. The lowest BCUT2D eigenvalue weighted by Gasteiger charge is -2.39. The van der Waals surface area contributed by atoms with E-state index in [1.807, 2.05) is 0 Å². The highest BCUT2D eigenvalue weighted by Crippen LogP contribution is 2.16. The van der Waals surface area contributed by atoms with E-state index < -0.39 is 0 Å². The summed E-state index contributed by atoms with van der Waals surface area (Å²) < 4.78 is 10.9. The number of hydrogen-bond acceptors (Lipinski definition) is 5. The molecule has 0 spiro atoms. The van der Waals surface area contributed by atoms with Gasteiger partial charge in [0.05, 0.1) is 33.0 Å². The molecule has 8 heteroatoms. The second kappa shape index (κ2) is 13.9. The van der Waals surface area contributed by atoms with E-state index in [1.165, 1.54) is 13.0 Å². The van der Waals surface area contributed by atoms with Crippen LogP contribution in [0.4, 0.5) is 0 Å². The maximum absolute atomic E-state index is 5.47. The Morgan fingerprint density at radius 3 is 2.22 bits per heavy atom. The predicted molar refractivity (Wildman–Crippen MR) is 122 cm³/mol. The second-order valence-corrected chi connectivity index (χ2v) is 7.69. The number of guanidine groups is 1. The van der Waals surface area contributed by atoms with Gasteiger partial charge in [-0.2, -0.15) is 0 Å². The third-order valence-electron chi connectivity index (χ3n) is 5.13. The van der Waals surface area contributed by atoms with E-state index in [9.17, 15) is 0 Å². The average Bonchev–Trinajstić information content (AvgIpc) is 2.67. The Morgan fingerprint density at radius 2 is 1.59 bits per heavy atom. The van der Waals surface area contributed by atoms with Gasteiger partial charge in [-0.25, -0.2) is 0 Å². The molecule has 0 aliphatic carbocycles. The van der Waals surface area contributed by atoms with Crippen LogP contribution in [0.15, 0.2) is 4.99 Å². The van der Waals surface area contributed by atoms with Crippen molar-refractivity contribution in [3.63, 3.8) is 0 Å². The quantitative estimate of drug-likeness (QED) is 0.217. The summed E-state index contributed by atoms with van der Waals surface area (Å²) in [7, 11) is 0. The van der Waals surface area contributed by atoms with E-state index in [-0.39, 0.29) is 29.5 Å². The number of morpholine rings is 2. The molecule has 0 bridgehead atoms. The lowest BCUT2D eigenvalue weighted by atomic mass is 10.0. The summed E-state index contributed by atoms with van der Waals surface area (Å²) in [5.41, 5.74) is 0.0580. The van der Waals surface area contributed by atoms with Crippen LogP contribution in [-0.2, 0) is 9.47 Å². The average molecular weight is 497 g/mol. The van der Waals surface area contributed by atoms with E-state index in [4.69, 9.17) is 14.5 Å². The topological polar surface area (TPSA) is 61.4 Å². The number of rotatable bonds is 9. The number of halogens is 1. The molecule has 0 unspecified atom stereocenters. The third-order valence-corrected chi connectivity index (χ3v) is 5.13. The van der Waals surface area contributed by atoms with Crippen LogP contribution in [0.5, 0.6) is 0 Å². The Kier molecular flexibility index (Phi) is 12.8. The van der Waals surface area contributed by atoms with E-state index in [2.05, 4.69) is 41.2 Å². The first-order valence-corrected chi connectivity index (χ1v) is 10.3. The van der Waals surface area contributed by atoms with Crippen LogP contribution in [0.2, 0.25) is 0 Å². The number of aliphatic imine (C=N–C) groups is 1. The van der Waals surface area contributed by atoms with Gasteiger partial charge in [0.25, 0.3) is 0 Å². The van der Waals surface area contributed by atoms with Gasteiger partial charge in [-0.3, -0.25) is 14.8 Å². The van der Waals surface area contributed by atoms with Crippen molar-refractivity contribution in [1.29, 1.82) is 0 Å². The number of ether oxygens (including phenoxy) is 2.